The summed E-state index contributed by atoms with van der Waals surface area (Å²) in [6.45, 7) is 6.13. The quantitative estimate of drug-likeness (QED) is 0.593. The van der Waals surface area contributed by atoms with Crippen molar-refractivity contribution in [3.05, 3.63) is 39.2 Å². The third-order valence-corrected chi connectivity index (χ3v) is 4.62. The van der Waals surface area contributed by atoms with Gasteiger partial charge in [-0.3, -0.25) is 0 Å². The van der Waals surface area contributed by atoms with Crippen LogP contribution in [0.1, 0.15) is 48.2 Å². The monoisotopic (exact) mass is 329 g/mol. The fourth-order valence-electron chi connectivity index (χ4n) is 3.70. The molecule has 0 amide bonds. The molecule has 2 aliphatic rings. The van der Waals surface area contributed by atoms with E-state index in [1.807, 2.05) is 13.8 Å². The molecule has 5 heteroatoms. The van der Waals surface area contributed by atoms with Gasteiger partial charge >= 0.3 is 11.6 Å². The van der Waals surface area contributed by atoms with Gasteiger partial charge in [-0.05, 0) is 43.4 Å². The molecule has 24 heavy (non-hydrogen) atoms. The SMILES string of the molecule is CC.COC(=O)c1cc2cc3c4c(c2oc1=O)CCCN4CCC3. The zero-order valence-electron chi connectivity index (χ0n) is 14.5. The first-order chi connectivity index (χ1) is 11.7. The smallest absolute Gasteiger partial charge is 0.351 e. The summed E-state index contributed by atoms with van der Waals surface area (Å²) in [6, 6.07) is 3.67. The number of nitrogens with zero attached hydrogens (tertiary/aromatic N) is 1. The van der Waals surface area contributed by atoms with Crippen molar-refractivity contribution in [3.8, 4) is 0 Å². The Morgan fingerprint density at radius 3 is 2.58 bits per heavy atom. The Balaban J connectivity index is 0.000000815. The van der Waals surface area contributed by atoms with Gasteiger partial charge in [0.2, 0.25) is 0 Å². The van der Waals surface area contributed by atoms with Gasteiger partial charge in [0.15, 0.2) is 0 Å². The highest BCUT2D eigenvalue weighted by Crippen LogP contribution is 2.39. The Bertz CT molecular complexity index is 835. The predicted octanol–water partition coefficient (Wildman–Crippen LogP) is 3.30. The van der Waals surface area contributed by atoms with E-state index in [4.69, 9.17) is 4.42 Å². The van der Waals surface area contributed by atoms with E-state index in [-0.39, 0.29) is 5.56 Å². The molecule has 1 aromatic carbocycles. The predicted molar refractivity (Wildman–Crippen MR) is 94.0 cm³/mol. The largest absolute Gasteiger partial charge is 0.465 e. The lowest BCUT2D eigenvalue weighted by atomic mass is 9.90. The molecule has 128 valence electrons. The van der Waals surface area contributed by atoms with E-state index in [0.717, 1.165) is 49.7 Å². The zero-order chi connectivity index (χ0) is 17.3. The molecule has 0 fully saturated rings. The maximum Gasteiger partial charge on any atom is 0.351 e. The van der Waals surface area contributed by atoms with Crippen LogP contribution in [0, 0.1) is 0 Å². The fourth-order valence-corrected chi connectivity index (χ4v) is 3.70. The summed E-state index contributed by atoms with van der Waals surface area (Å²) in [5.74, 6) is -0.649. The van der Waals surface area contributed by atoms with E-state index < -0.39 is 11.6 Å². The number of aryl methyl sites for hydroxylation is 2. The molecule has 0 unspecified atom stereocenters. The Hall–Kier alpha value is -2.30. The topological polar surface area (TPSA) is 59.8 Å². The average Bonchev–Trinajstić information content (AvgIpc) is 2.63. The average molecular weight is 329 g/mol. The van der Waals surface area contributed by atoms with Crippen LogP contribution < -0.4 is 10.5 Å². The molecule has 3 heterocycles. The van der Waals surface area contributed by atoms with Gasteiger partial charge in [0, 0.05) is 29.7 Å². The van der Waals surface area contributed by atoms with Gasteiger partial charge in [0.1, 0.15) is 11.1 Å². The van der Waals surface area contributed by atoms with Crippen molar-refractivity contribution in [1.29, 1.82) is 0 Å². The highest BCUT2D eigenvalue weighted by molar-refractivity contribution is 5.95. The summed E-state index contributed by atoms with van der Waals surface area (Å²) in [6.07, 6.45) is 4.14. The van der Waals surface area contributed by atoms with Gasteiger partial charge in [-0.25, -0.2) is 9.59 Å². The van der Waals surface area contributed by atoms with Crippen LogP contribution in [-0.2, 0) is 17.6 Å². The number of hydrogen-bond acceptors (Lipinski definition) is 5. The van der Waals surface area contributed by atoms with Crippen LogP contribution in [0.4, 0.5) is 5.69 Å². The van der Waals surface area contributed by atoms with Crippen LogP contribution in [0.3, 0.4) is 0 Å². The fraction of sp³-hybridized carbons (Fsp3) is 0.474. The number of rotatable bonds is 1. The van der Waals surface area contributed by atoms with Crippen LogP contribution in [0.15, 0.2) is 21.3 Å². The van der Waals surface area contributed by atoms with E-state index in [9.17, 15) is 9.59 Å². The molecule has 4 rings (SSSR count). The van der Waals surface area contributed by atoms with Crippen molar-refractivity contribution in [2.75, 3.05) is 25.1 Å². The number of esters is 1. The molecule has 0 N–H and O–H groups in total. The molecule has 5 nitrogen and oxygen atoms in total. The van der Waals surface area contributed by atoms with Crippen LogP contribution >= 0.6 is 0 Å². The van der Waals surface area contributed by atoms with E-state index in [0.29, 0.717) is 5.58 Å². The molecule has 2 aliphatic heterocycles. The summed E-state index contributed by atoms with van der Waals surface area (Å²) in [5, 5.41) is 0.817. The molecule has 0 radical (unpaired) electrons. The van der Waals surface area contributed by atoms with Crippen LogP contribution in [0.2, 0.25) is 0 Å². The van der Waals surface area contributed by atoms with Crippen molar-refractivity contribution >= 4 is 22.6 Å². The molecule has 0 saturated carbocycles. The Morgan fingerprint density at radius 1 is 1.17 bits per heavy atom. The van der Waals surface area contributed by atoms with Gasteiger partial charge in [0.05, 0.1) is 7.11 Å². The van der Waals surface area contributed by atoms with Crippen LogP contribution in [0.25, 0.3) is 11.0 Å². The minimum absolute atomic E-state index is 0.0365. The summed E-state index contributed by atoms with van der Waals surface area (Å²) < 4.78 is 10.2. The van der Waals surface area contributed by atoms with Crippen molar-refractivity contribution < 1.29 is 13.9 Å². The summed E-state index contributed by atoms with van der Waals surface area (Å²) in [4.78, 5) is 26.2. The van der Waals surface area contributed by atoms with Crippen molar-refractivity contribution in [2.24, 2.45) is 0 Å². The number of methoxy groups -OCH3 is 1. The third-order valence-electron chi connectivity index (χ3n) is 4.62. The van der Waals surface area contributed by atoms with E-state index in [2.05, 4.69) is 15.7 Å². The second-order valence-electron chi connectivity index (χ2n) is 5.91. The minimum atomic E-state index is -0.649. The van der Waals surface area contributed by atoms with Crippen molar-refractivity contribution in [1.82, 2.24) is 0 Å². The lowest BCUT2D eigenvalue weighted by Gasteiger charge is -2.37. The summed E-state index contributed by atoms with van der Waals surface area (Å²) in [7, 11) is 1.26. The van der Waals surface area contributed by atoms with Crippen LogP contribution in [0.5, 0.6) is 0 Å². The number of carbonyl (C=O) groups excluding carboxylic acids is 1. The number of hydrogen-bond donors (Lipinski definition) is 0. The maximum absolute atomic E-state index is 12.1. The highest BCUT2D eigenvalue weighted by atomic mass is 16.5. The summed E-state index contributed by atoms with van der Waals surface area (Å²) >= 11 is 0. The lowest BCUT2D eigenvalue weighted by Crippen LogP contribution is -2.34. The molecule has 0 bridgehead atoms. The number of carbonyl (C=O) groups is 1. The second-order valence-corrected chi connectivity index (χ2v) is 5.91. The van der Waals surface area contributed by atoms with Gasteiger partial charge < -0.3 is 14.1 Å². The first kappa shape index (κ1) is 16.6. The van der Waals surface area contributed by atoms with E-state index >= 15 is 0 Å². The standard InChI is InChI=1S/C17H17NO4.C2H6/c1-21-16(19)13-9-11-8-10-4-2-6-18-7-3-5-12(14(10)18)15(11)22-17(13)20;1-2/h8-9H,2-7H2,1H3;1-2H3. The molecule has 2 aromatic rings. The molecule has 0 atom stereocenters. The van der Waals surface area contributed by atoms with Gasteiger partial charge in [-0.15, -0.1) is 0 Å². The van der Waals surface area contributed by atoms with Crippen LogP contribution in [-0.4, -0.2) is 26.2 Å². The molecule has 1 aromatic heterocycles. The van der Waals surface area contributed by atoms with E-state index in [1.165, 1.54) is 18.4 Å². The Kier molecular flexibility index (Phi) is 4.60. The Labute approximate surface area is 141 Å². The van der Waals surface area contributed by atoms with Gasteiger partial charge in [-0.2, -0.15) is 0 Å². The third kappa shape index (κ3) is 2.58. The van der Waals surface area contributed by atoms with Gasteiger partial charge in [0.25, 0.3) is 0 Å². The number of fused-ring (bicyclic) bond motifs is 2. The van der Waals surface area contributed by atoms with Crippen molar-refractivity contribution in [3.63, 3.8) is 0 Å². The first-order valence-electron chi connectivity index (χ1n) is 8.65. The summed E-state index contributed by atoms with van der Waals surface area (Å²) in [5.41, 5.74) is 3.63. The Morgan fingerprint density at radius 2 is 1.88 bits per heavy atom. The maximum atomic E-state index is 12.1. The molecular formula is C19H23NO4. The first-order valence-corrected chi connectivity index (χ1v) is 8.65. The van der Waals surface area contributed by atoms with Crippen molar-refractivity contribution in [2.45, 2.75) is 39.5 Å². The lowest BCUT2D eigenvalue weighted by molar-refractivity contribution is 0.0596. The zero-order valence-corrected chi connectivity index (χ0v) is 14.5. The molecule has 0 saturated heterocycles. The highest BCUT2D eigenvalue weighted by Gasteiger charge is 2.27. The number of anilines is 1. The second kappa shape index (κ2) is 6.67. The molecule has 0 spiro atoms. The molecular weight excluding hydrogens is 306 g/mol. The van der Waals surface area contributed by atoms with Gasteiger partial charge in [-0.1, -0.05) is 13.8 Å². The normalized spacial score (nSPS) is 15.4. The number of benzene rings is 1. The number of ether oxygens (including phenoxy) is 1. The van der Waals surface area contributed by atoms with E-state index in [1.54, 1.807) is 6.07 Å². The molecule has 0 aliphatic carbocycles. The minimum Gasteiger partial charge on any atom is -0.465 e.